The number of hydrogen-bond acceptors (Lipinski definition) is 6. The van der Waals surface area contributed by atoms with Gasteiger partial charge in [-0.3, -0.25) is 0 Å². The molecular weight excluding hydrogens is 220 g/mol. The number of aromatic nitrogens is 2. The summed E-state index contributed by atoms with van der Waals surface area (Å²) >= 11 is 0. The Kier molecular flexibility index (Phi) is 2.76. The quantitative estimate of drug-likeness (QED) is 0.791. The van der Waals surface area contributed by atoms with E-state index in [0.29, 0.717) is 5.95 Å². The standard InChI is InChI=1S/C11H18N4O2/c1-11(2-3-12-8-11)9-13-10(14-17-9)15-4-6-16-7-5-15/h12H,2-8H2,1H3. The van der Waals surface area contributed by atoms with E-state index >= 15 is 0 Å². The SMILES string of the molecule is CC1(c2nc(N3CCOCC3)no2)CCNC1. The van der Waals surface area contributed by atoms with Crippen LogP contribution in [0.1, 0.15) is 19.2 Å². The molecule has 3 rings (SSSR count). The van der Waals surface area contributed by atoms with E-state index in [9.17, 15) is 0 Å². The minimum Gasteiger partial charge on any atom is -0.378 e. The van der Waals surface area contributed by atoms with Gasteiger partial charge in [0, 0.05) is 19.6 Å². The van der Waals surface area contributed by atoms with E-state index in [1.165, 1.54) is 0 Å². The molecule has 0 aromatic carbocycles. The highest BCUT2D eigenvalue weighted by Crippen LogP contribution is 2.29. The number of ether oxygens (including phenoxy) is 1. The summed E-state index contributed by atoms with van der Waals surface area (Å²) in [6.45, 7) is 7.26. The van der Waals surface area contributed by atoms with Crippen molar-refractivity contribution < 1.29 is 9.26 Å². The number of anilines is 1. The van der Waals surface area contributed by atoms with Gasteiger partial charge in [-0.15, -0.1) is 0 Å². The van der Waals surface area contributed by atoms with Crippen LogP contribution in [0, 0.1) is 0 Å². The summed E-state index contributed by atoms with van der Waals surface area (Å²) in [6.07, 6.45) is 1.05. The Balaban J connectivity index is 1.77. The fraction of sp³-hybridized carbons (Fsp3) is 0.818. The fourth-order valence-corrected chi connectivity index (χ4v) is 2.35. The van der Waals surface area contributed by atoms with E-state index in [-0.39, 0.29) is 5.41 Å². The molecule has 2 aliphatic heterocycles. The number of hydrogen-bond donors (Lipinski definition) is 1. The van der Waals surface area contributed by atoms with Crippen molar-refractivity contribution >= 4 is 5.95 Å². The first-order chi connectivity index (χ1) is 8.28. The van der Waals surface area contributed by atoms with Crippen molar-refractivity contribution in [1.82, 2.24) is 15.5 Å². The van der Waals surface area contributed by atoms with Gasteiger partial charge in [0.25, 0.3) is 5.95 Å². The molecule has 2 fully saturated rings. The molecule has 0 radical (unpaired) electrons. The molecular formula is C11H18N4O2. The van der Waals surface area contributed by atoms with Crippen LogP contribution in [0.15, 0.2) is 4.52 Å². The summed E-state index contributed by atoms with van der Waals surface area (Å²) in [4.78, 5) is 6.65. The molecule has 6 nitrogen and oxygen atoms in total. The summed E-state index contributed by atoms with van der Waals surface area (Å²) in [5, 5.41) is 7.42. The van der Waals surface area contributed by atoms with E-state index in [1.54, 1.807) is 0 Å². The normalized spacial score (nSPS) is 29.8. The minimum absolute atomic E-state index is 0.00244. The first kappa shape index (κ1) is 11.0. The van der Waals surface area contributed by atoms with Gasteiger partial charge in [-0.1, -0.05) is 0 Å². The van der Waals surface area contributed by atoms with Gasteiger partial charge in [0.05, 0.1) is 18.6 Å². The van der Waals surface area contributed by atoms with E-state index in [1.807, 2.05) is 0 Å². The third kappa shape index (κ3) is 2.02. The van der Waals surface area contributed by atoms with Gasteiger partial charge in [-0.05, 0) is 25.0 Å². The summed E-state index contributed by atoms with van der Waals surface area (Å²) in [5.41, 5.74) is -0.00244. The van der Waals surface area contributed by atoms with Gasteiger partial charge in [0.15, 0.2) is 0 Å². The highest BCUT2D eigenvalue weighted by Gasteiger charge is 2.36. The average molecular weight is 238 g/mol. The van der Waals surface area contributed by atoms with E-state index in [0.717, 1.165) is 51.7 Å². The zero-order valence-corrected chi connectivity index (χ0v) is 10.1. The molecule has 1 aromatic heterocycles. The molecule has 1 N–H and O–H groups in total. The Labute approximate surface area is 100 Å². The highest BCUT2D eigenvalue weighted by atomic mass is 16.5. The van der Waals surface area contributed by atoms with Crippen LogP contribution in [0.5, 0.6) is 0 Å². The second kappa shape index (κ2) is 4.27. The summed E-state index contributed by atoms with van der Waals surface area (Å²) in [7, 11) is 0. The largest absolute Gasteiger partial charge is 0.378 e. The molecule has 1 unspecified atom stereocenters. The predicted molar refractivity (Wildman–Crippen MR) is 62.2 cm³/mol. The van der Waals surface area contributed by atoms with E-state index in [2.05, 4.69) is 27.3 Å². The Hall–Kier alpha value is -1.14. The zero-order chi connectivity index (χ0) is 11.7. The second-order valence-corrected chi connectivity index (χ2v) is 4.99. The van der Waals surface area contributed by atoms with Crippen molar-refractivity contribution in [3.8, 4) is 0 Å². The third-order valence-electron chi connectivity index (χ3n) is 3.59. The number of morpholine rings is 1. The van der Waals surface area contributed by atoms with Crippen LogP contribution in [0.2, 0.25) is 0 Å². The molecule has 17 heavy (non-hydrogen) atoms. The van der Waals surface area contributed by atoms with E-state index in [4.69, 9.17) is 9.26 Å². The van der Waals surface area contributed by atoms with Crippen molar-refractivity contribution in [2.24, 2.45) is 0 Å². The molecule has 0 spiro atoms. The van der Waals surface area contributed by atoms with Crippen LogP contribution in [-0.4, -0.2) is 49.5 Å². The predicted octanol–water partition coefficient (Wildman–Crippen LogP) is 0.157. The fourth-order valence-electron chi connectivity index (χ4n) is 2.35. The summed E-state index contributed by atoms with van der Waals surface area (Å²) < 4.78 is 10.7. The van der Waals surface area contributed by atoms with Gasteiger partial charge < -0.3 is 19.5 Å². The van der Waals surface area contributed by atoms with Crippen molar-refractivity contribution in [2.45, 2.75) is 18.8 Å². The lowest BCUT2D eigenvalue weighted by Crippen LogP contribution is -2.37. The maximum atomic E-state index is 5.42. The molecule has 0 saturated carbocycles. The van der Waals surface area contributed by atoms with Crippen LogP contribution < -0.4 is 10.2 Å². The van der Waals surface area contributed by atoms with Gasteiger partial charge in [0.2, 0.25) is 5.89 Å². The molecule has 0 amide bonds. The van der Waals surface area contributed by atoms with Crippen LogP contribution in [0.4, 0.5) is 5.95 Å². The summed E-state index contributed by atoms with van der Waals surface area (Å²) in [6, 6.07) is 0. The van der Waals surface area contributed by atoms with Crippen LogP contribution in [-0.2, 0) is 10.2 Å². The van der Waals surface area contributed by atoms with Crippen molar-refractivity contribution in [1.29, 1.82) is 0 Å². The van der Waals surface area contributed by atoms with Crippen LogP contribution in [0.25, 0.3) is 0 Å². The van der Waals surface area contributed by atoms with Gasteiger partial charge in [-0.25, -0.2) is 0 Å². The highest BCUT2D eigenvalue weighted by molar-refractivity contribution is 5.29. The van der Waals surface area contributed by atoms with Crippen LogP contribution in [0.3, 0.4) is 0 Å². The molecule has 0 bridgehead atoms. The summed E-state index contributed by atoms with van der Waals surface area (Å²) in [5.74, 6) is 1.46. The van der Waals surface area contributed by atoms with Gasteiger partial charge in [0.1, 0.15) is 0 Å². The lowest BCUT2D eigenvalue weighted by Gasteiger charge is -2.24. The number of nitrogens with zero attached hydrogens (tertiary/aromatic N) is 3. The van der Waals surface area contributed by atoms with Crippen molar-refractivity contribution in [2.75, 3.05) is 44.3 Å². The molecule has 3 heterocycles. The number of rotatable bonds is 2. The lowest BCUT2D eigenvalue weighted by atomic mass is 9.90. The Morgan fingerprint density at radius 2 is 2.18 bits per heavy atom. The molecule has 0 aliphatic carbocycles. The Morgan fingerprint density at radius 3 is 2.88 bits per heavy atom. The van der Waals surface area contributed by atoms with E-state index < -0.39 is 0 Å². The molecule has 94 valence electrons. The number of nitrogens with one attached hydrogen (secondary N) is 1. The average Bonchev–Trinajstić information content (AvgIpc) is 2.99. The van der Waals surface area contributed by atoms with Crippen molar-refractivity contribution in [3.63, 3.8) is 0 Å². The Morgan fingerprint density at radius 1 is 1.35 bits per heavy atom. The molecule has 2 saturated heterocycles. The van der Waals surface area contributed by atoms with Crippen LogP contribution >= 0.6 is 0 Å². The Bertz CT molecular complexity index is 381. The second-order valence-electron chi connectivity index (χ2n) is 4.99. The zero-order valence-electron chi connectivity index (χ0n) is 10.1. The maximum absolute atomic E-state index is 5.42. The smallest absolute Gasteiger partial charge is 0.266 e. The molecule has 1 atom stereocenters. The lowest BCUT2D eigenvalue weighted by molar-refractivity contribution is 0.121. The topological polar surface area (TPSA) is 63.4 Å². The molecule has 6 heteroatoms. The maximum Gasteiger partial charge on any atom is 0.266 e. The van der Waals surface area contributed by atoms with Gasteiger partial charge >= 0.3 is 0 Å². The first-order valence-corrected chi connectivity index (χ1v) is 6.16. The molecule has 2 aliphatic rings. The first-order valence-electron chi connectivity index (χ1n) is 6.16. The third-order valence-corrected chi connectivity index (χ3v) is 3.59. The monoisotopic (exact) mass is 238 g/mol. The van der Waals surface area contributed by atoms with Crippen molar-refractivity contribution in [3.05, 3.63) is 5.89 Å². The molecule has 1 aromatic rings. The van der Waals surface area contributed by atoms with Gasteiger partial charge in [-0.2, -0.15) is 4.98 Å². The minimum atomic E-state index is -0.00244.